The number of nitrogens with zero attached hydrogens (tertiary/aromatic N) is 1. The van der Waals surface area contributed by atoms with Gasteiger partial charge in [0.25, 0.3) is 0 Å². The van der Waals surface area contributed by atoms with E-state index in [1.54, 1.807) is 0 Å². The predicted molar refractivity (Wildman–Crippen MR) is 94.5 cm³/mol. The molecule has 0 unspecified atom stereocenters. The molecule has 0 atom stereocenters. The van der Waals surface area contributed by atoms with Crippen LogP contribution in [0.5, 0.6) is 0 Å². The molecule has 21 heavy (non-hydrogen) atoms. The Labute approximate surface area is 130 Å². The second-order valence-corrected chi connectivity index (χ2v) is 5.93. The number of para-hydroxylation sites is 1. The predicted octanol–water partition coefficient (Wildman–Crippen LogP) is 2.55. The third-order valence-corrected chi connectivity index (χ3v) is 4.13. The number of guanidine groups is 1. The van der Waals surface area contributed by atoms with Gasteiger partial charge in [0.05, 0.1) is 0 Å². The molecule has 2 aromatic rings. The molecule has 0 fully saturated rings. The molecule has 1 aromatic heterocycles. The number of hydrogen-bond donors (Lipinski definition) is 3. The van der Waals surface area contributed by atoms with Gasteiger partial charge >= 0.3 is 0 Å². The highest BCUT2D eigenvalue weighted by Gasteiger charge is 2.07. The highest BCUT2D eigenvalue weighted by molar-refractivity contribution is 7.98. The minimum Gasteiger partial charge on any atom is -0.358 e. The Balaban J connectivity index is 1.91. The lowest BCUT2D eigenvalue weighted by atomic mass is 10.1. The summed E-state index contributed by atoms with van der Waals surface area (Å²) >= 11 is 1.83. The second-order valence-electron chi connectivity index (χ2n) is 4.94. The number of aromatic amines is 1. The first-order chi connectivity index (χ1) is 10.3. The lowest BCUT2D eigenvalue weighted by molar-refractivity contribution is 0.811. The summed E-state index contributed by atoms with van der Waals surface area (Å²) in [5, 5.41) is 8.01. The van der Waals surface area contributed by atoms with Crippen LogP contribution in [0.1, 0.15) is 11.3 Å². The van der Waals surface area contributed by atoms with Crippen LogP contribution in [0.3, 0.4) is 0 Å². The Morgan fingerprint density at radius 3 is 2.76 bits per heavy atom. The number of benzene rings is 1. The molecule has 3 N–H and O–H groups in total. The molecule has 114 valence electrons. The van der Waals surface area contributed by atoms with E-state index in [0.29, 0.717) is 0 Å². The molecule has 0 saturated heterocycles. The van der Waals surface area contributed by atoms with Crippen LogP contribution in [0.15, 0.2) is 29.3 Å². The van der Waals surface area contributed by atoms with Gasteiger partial charge in [0.15, 0.2) is 5.96 Å². The van der Waals surface area contributed by atoms with E-state index in [1.807, 2.05) is 18.8 Å². The summed E-state index contributed by atoms with van der Waals surface area (Å²) in [6, 6.07) is 8.47. The van der Waals surface area contributed by atoms with Crippen LogP contribution in [0.2, 0.25) is 0 Å². The van der Waals surface area contributed by atoms with Gasteiger partial charge in [-0.2, -0.15) is 11.8 Å². The summed E-state index contributed by atoms with van der Waals surface area (Å²) in [7, 11) is 1.81. The third-order valence-electron chi connectivity index (χ3n) is 3.52. The third kappa shape index (κ3) is 4.17. The largest absolute Gasteiger partial charge is 0.358 e. The molecule has 5 heteroatoms. The Hall–Kier alpha value is -1.62. The SMILES string of the molecule is CN=C(NCCSC)NCCc1c(C)[nH]c2ccccc12. The standard InChI is InChI=1S/C16H24N4S/c1-12-13(14-6-4-5-7-15(14)20-12)8-9-18-16(17-2)19-10-11-21-3/h4-7,20H,8-11H2,1-3H3,(H2,17,18,19). The fraction of sp³-hybridized carbons (Fsp3) is 0.438. The number of aliphatic imine (C=N–C) groups is 1. The number of aryl methyl sites for hydroxylation is 1. The summed E-state index contributed by atoms with van der Waals surface area (Å²) < 4.78 is 0. The van der Waals surface area contributed by atoms with E-state index in [-0.39, 0.29) is 0 Å². The zero-order valence-corrected chi connectivity index (χ0v) is 13.8. The molecular weight excluding hydrogens is 280 g/mol. The molecule has 0 aliphatic carbocycles. The molecule has 1 aromatic carbocycles. The van der Waals surface area contributed by atoms with Crippen LogP contribution in [0.25, 0.3) is 10.9 Å². The van der Waals surface area contributed by atoms with E-state index in [1.165, 1.54) is 22.2 Å². The summed E-state index contributed by atoms with van der Waals surface area (Å²) in [5.74, 6) is 1.96. The highest BCUT2D eigenvalue weighted by Crippen LogP contribution is 2.21. The lowest BCUT2D eigenvalue weighted by Gasteiger charge is -2.11. The molecule has 0 bridgehead atoms. The molecule has 0 spiro atoms. The quantitative estimate of drug-likeness (QED) is 0.437. The van der Waals surface area contributed by atoms with E-state index in [0.717, 1.165) is 31.2 Å². The first-order valence-corrected chi connectivity index (χ1v) is 8.65. The average molecular weight is 304 g/mol. The maximum Gasteiger partial charge on any atom is 0.191 e. The molecule has 1 heterocycles. The topological polar surface area (TPSA) is 52.2 Å². The van der Waals surface area contributed by atoms with Gasteiger partial charge in [0.2, 0.25) is 0 Å². The fourth-order valence-electron chi connectivity index (χ4n) is 2.45. The van der Waals surface area contributed by atoms with E-state index in [2.05, 4.69) is 58.1 Å². The molecule has 0 aliphatic heterocycles. The van der Waals surface area contributed by atoms with E-state index < -0.39 is 0 Å². The Morgan fingerprint density at radius 1 is 1.24 bits per heavy atom. The second kappa shape index (κ2) is 7.98. The van der Waals surface area contributed by atoms with E-state index in [4.69, 9.17) is 0 Å². The number of hydrogen-bond acceptors (Lipinski definition) is 2. The summed E-state index contributed by atoms with van der Waals surface area (Å²) in [6.45, 7) is 3.95. The summed E-state index contributed by atoms with van der Waals surface area (Å²) in [4.78, 5) is 7.69. The number of H-pyrrole nitrogens is 1. The number of rotatable bonds is 6. The van der Waals surface area contributed by atoms with Gasteiger partial charge in [-0.1, -0.05) is 18.2 Å². The Kier molecular flexibility index (Phi) is 5.99. The van der Waals surface area contributed by atoms with Gasteiger partial charge in [-0.05, 0) is 31.2 Å². The first kappa shape index (κ1) is 15.8. The van der Waals surface area contributed by atoms with Crippen LogP contribution >= 0.6 is 11.8 Å². The zero-order valence-electron chi connectivity index (χ0n) is 13.0. The Bertz CT molecular complexity index is 603. The van der Waals surface area contributed by atoms with Crippen molar-refractivity contribution >= 4 is 28.6 Å². The van der Waals surface area contributed by atoms with Gasteiger partial charge in [0, 0.05) is 42.5 Å². The fourth-order valence-corrected chi connectivity index (χ4v) is 2.76. The highest BCUT2D eigenvalue weighted by atomic mass is 32.2. The normalized spacial score (nSPS) is 11.9. The number of fused-ring (bicyclic) bond motifs is 1. The maximum atomic E-state index is 4.24. The molecular formula is C16H24N4S. The van der Waals surface area contributed by atoms with Crippen LogP contribution in [0.4, 0.5) is 0 Å². The van der Waals surface area contributed by atoms with Gasteiger partial charge in [-0.15, -0.1) is 0 Å². The zero-order chi connectivity index (χ0) is 15.1. The Morgan fingerprint density at radius 2 is 2.00 bits per heavy atom. The van der Waals surface area contributed by atoms with Gasteiger partial charge in [-0.3, -0.25) is 4.99 Å². The van der Waals surface area contributed by atoms with Crippen LogP contribution in [0, 0.1) is 6.92 Å². The smallest absolute Gasteiger partial charge is 0.191 e. The molecule has 0 radical (unpaired) electrons. The van der Waals surface area contributed by atoms with Gasteiger partial charge in [0.1, 0.15) is 0 Å². The number of aromatic nitrogens is 1. The summed E-state index contributed by atoms with van der Waals surface area (Å²) in [6.07, 6.45) is 3.09. The van der Waals surface area contributed by atoms with Crippen molar-refractivity contribution in [2.75, 3.05) is 32.1 Å². The first-order valence-electron chi connectivity index (χ1n) is 7.26. The van der Waals surface area contributed by atoms with E-state index in [9.17, 15) is 0 Å². The average Bonchev–Trinajstić information content (AvgIpc) is 2.82. The minimum absolute atomic E-state index is 0.876. The van der Waals surface area contributed by atoms with Crippen molar-refractivity contribution in [3.63, 3.8) is 0 Å². The van der Waals surface area contributed by atoms with Crippen molar-refractivity contribution in [1.29, 1.82) is 0 Å². The van der Waals surface area contributed by atoms with Gasteiger partial charge in [-0.25, -0.2) is 0 Å². The molecule has 4 nitrogen and oxygen atoms in total. The molecule has 0 saturated carbocycles. The minimum atomic E-state index is 0.876. The van der Waals surface area contributed by atoms with Crippen molar-refractivity contribution in [1.82, 2.24) is 15.6 Å². The number of thioether (sulfide) groups is 1. The van der Waals surface area contributed by atoms with Gasteiger partial charge < -0.3 is 15.6 Å². The van der Waals surface area contributed by atoms with Crippen LogP contribution in [-0.2, 0) is 6.42 Å². The lowest BCUT2D eigenvalue weighted by Crippen LogP contribution is -2.39. The monoisotopic (exact) mass is 304 g/mol. The van der Waals surface area contributed by atoms with E-state index >= 15 is 0 Å². The van der Waals surface area contributed by atoms with Crippen LogP contribution in [-0.4, -0.2) is 43.1 Å². The maximum absolute atomic E-state index is 4.24. The van der Waals surface area contributed by atoms with Crippen LogP contribution < -0.4 is 10.6 Å². The number of nitrogens with one attached hydrogen (secondary N) is 3. The van der Waals surface area contributed by atoms with Crippen molar-refractivity contribution in [3.05, 3.63) is 35.5 Å². The molecule has 0 amide bonds. The van der Waals surface area contributed by atoms with Crippen molar-refractivity contribution in [2.45, 2.75) is 13.3 Å². The van der Waals surface area contributed by atoms with Crippen molar-refractivity contribution < 1.29 is 0 Å². The summed E-state index contributed by atoms with van der Waals surface area (Å²) in [5.41, 5.74) is 3.86. The van der Waals surface area contributed by atoms with Crippen molar-refractivity contribution in [3.8, 4) is 0 Å². The molecule has 2 rings (SSSR count). The molecule has 0 aliphatic rings. The van der Waals surface area contributed by atoms with Crippen molar-refractivity contribution in [2.24, 2.45) is 4.99 Å².